The molecule has 3 heterocycles. The smallest absolute Gasteiger partial charge is 0.0622 e. The van der Waals surface area contributed by atoms with E-state index in [-0.39, 0.29) is 5.92 Å². The van der Waals surface area contributed by atoms with Crippen LogP contribution < -0.4 is 0 Å². The molecule has 3 aliphatic carbocycles. The van der Waals surface area contributed by atoms with Crippen LogP contribution >= 0.6 is 0 Å². The zero-order valence-electron chi connectivity index (χ0n) is 60.3. The Morgan fingerprint density at radius 2 is 0.664 bits per heavy atom. The molecule has 0 N–H and O–H groups in total. The van der Waals surface area contributed by atoms with Gasteiger partial charge in [0.05, 0.1) is 33.1 Å². The zero-order valence-corrected chi connectivity index (χ0v) is 60.3. The molecule has 0 spiro atoms. The average Bonchev–Trinajstić information content (AvgIpc) is 1.56. The molecule has 3 heteroatoms. The molecule has 3 nitrogen and oxygen atoms in total. The van der Waals surface area contributed by atoms with Gasteiger partial charge in [0.15, 0.2) is 0 Å². The van der Waals surface area contributed by atoms with Crippen LogP contribution in [0.1, 0.15) is 44.9 Å². The van der Waals surface area contributed by atoms with Crippen molar-refractivity contribution in [3.05, 3.63) is 427 Å². The summed E-state index contributed by atoms with van der Waals surface area (Å²) in [6, 6.07) is 144. The Labute approximate surface area is 637 Å². The van der Waals surface area contributed by atoms with Crippen molar-refractivity contribution < 1.29 is 0 Å². The number of hydrogen-bond acceptors (Lipinski definition) is 0. The van der Waals surface area contributed by atoms with Crippen LogP contribution in [-0.4, -0.2) is 13.7 Å². The van der Waals surface area contributed by atoms with Gasteiger partial charge < -0.3 is 13.7 Å². The molecule has 0 bridgehead atoms. The molecule has 512 valence electrons. The fourth-order valence-corrected chi connectivity index (χ4v) is 19.1. The third-order valence-electron chi connectivity index (χ3n) is 24.2. The number of rotatable bonds is 8. The normalized spacial score (nSPS) is 13.1. The lowest BCUT2D eigenvalue weighted by Gasteiger charge is -2.16. The first kappa shape index (κ1) is 62.1. The van der Waals surface area contributed by atoms with E-state index in [9.17, 15) is 0 Å². The third kappa shape index (κ3) is 9.77. The summed E-state index contributed by atoms with van der Waals surface area (Å²) in [6.45, 7) is 0. The fraction of sp³-hybridized carbons (Fsp3) is 0.0280. The summed E-state index contributed by atoms with van der Waals surface area (Å²) < 4.78 is 7.44. The van der Waals surface area contributed by atoms with E-state index < -0.39 is 0 Å². The predicted molar refractivity (Wildman–Crippen MR) is 462 cm³/mol. The van der Waals surface area contributed by atoms with Crippen molar-refractivity contribution in [1.29, 1.82) is 0 Å². The molecule has 0 radical (unpaired) electrons. The molecule has 0 saturated carbocycles. The molecule has 3 aromatic heterocycles. The Morgan fingerprint density at radius 1 is 0.209 bits per heavy atom. The van der Waals surface area contributed by atoms with Crippen LogP contribution in [0.15, 0.2) is 388 Å². The van der Waals surface area contributed by atoms with Crippen LogP contribution in [0.3, 0.4) is 0 Å². The van der Waals surface area contributed by atoms with E-state index in [2.05, 4.69) is 402 Å². The highest BCUT2D eigenvalue weighted by Crippen LogP contribution is 2.52. The standard InChI is InChI=1S/C54H35N.C53H34N2/c1-2-10-34(11-3-1)36-20-24-42(25-21-36)55-52-29-23-39(32-50(52)48-28-27-45-43-15-7-6-14-40(43)33-51(45)54(48)55)38-22-26-47-49(31-38)44-16-8-9-17-46(44)53(47)41-19-18-35-12-4-5-13-37(35)30-41;1-2-10-34(11-3-1)36-18-24-42(25-19-36)55-51-29-23-39(33-48(51)46-27-21-41-30-40-14-6-7-15-44(40)52(41)53(46)55)38-22-28-50-47(32-38)45-16-8-9-17-49(45)54(50)43-26-20-35-12-4-5-13-37(35)31-43/h1-32,53H,33H2;1-29,31-33H,30H2. The van der Waals surface area contributed by atoms with Crippen molar-refractivity contribution in [3.8, 4) is 95.0 Å². The van der Waals surface area contributed by atoms with Crippen LogP contribution in [-0.2, 0) is 12.8 Å². The third-order valence-corrected chi connectivity index (χ3v) is 24.2. The lowest BCUT2D eigenvalue weighted by Crippen LogP contribution is -1.99. The maximum Gasteiger partial charge on any atom is 0.0622 e. The Hall–Kier alpha value is -14.1. The van der Waals surface area contributed by atoms with Crippen LogP contribution in [0.5, 0.6) is 0 Å². The van der Waals surface area contributed by atoms with E-state index in [0.717, 1.165) is 12.8 Å². The maximum atomic E-state index is 2.51. The van der Waals surface area contributed by atoms with Crippen molar-refractivity contribution in [3.63, 3.8) is 0 Å². The Balaban J connectivity index is 0.000000132. The topological polar surface area (TPSA) is 14.8 Å². The SMILES string of the molecule is c1ccc(-c2ccc(-n3c4ccc(-c5ccc6c(c5)-c5ccccc5C6c5ccc6ccccc6c5)cc4c4ccc5c(c43)Cc3ccccc3-5)cc2)cc1.c1ccc(-c2ccc(-n3c4ccc(-c5ccc6c(c5)c5ccccc5n6-c5ccc6ccccc6c5)cc4c4ccc5c(c43)-c3ccccc3C5)cc2)cc1. The van der Waals surface area contributed by atoms with Gasteiger partial charge in [-0.2, -0.15) is 0 Å². The van der Waals surface area contributed by atoms with Gasteiger partial charge in [-0.05, 0) is 224 Å². The zero-order chi connectivity index (χ0) is 72.1. The van der Waals surface area contributed by atoms with Crippen molar-refractivity contribution in [2.45, 2.75) is 18.8 Å². The van der Waals surface area contributed by atoms with Crippen LogP contribution in [0, 0.1) is 0 Å². The number of para-hydroxylation sites is 1. The van der Waals surface area contributed by atoms with Gasteiger partial charge in [-0.3, -0.25) is 0 Å². The molecular weight excluding hydrogens is 1330 g/mol. The van der Waals surface area contributed by atoms with Gasteiger partial charge in [0.2, 0.25) is 0 Å². The number of benzene rings is 18. The molecule has 21 aromatic rings. The highest BCUT2D eigenvalue weighted by molar-refractivity contribution is 6.18. The number of nitrogens with zero attached hydrogens (tertiary/aromatic N) is 3. The maximum absolute atomic E-state index is 2.51. The Kier molecular flexibility index (Phi) is 14.0. The largest absolute Gasteiger partial charge is 0.309 e. The summed E-state index contributed by atoms with van der Waals surface area (Å²) in [6.07, 6.45) is 1.91. The molecule has 0 aliphatic heterocycles. The Morgan fingerprint density at radius 3 is 1.34 bits per heavy atom. The molecule has 1 atom stereocenters. The highest BCUT2D eigenvalue weighted by Gasteiger charge is 2.32. The van der Waals surface area contributed by atoms with Gasteiger partial charge in [0, 0.05) is 67.3 Å². The van der Waals surface area contributed by atoms with E-state index in [1.54, 1.807) is 0 Å². The average molecular weight is 1400 g/mol. The van der Waals surface area contributed by atoms with Crippen LogP contribution in [0.2, 0.25) is 0 Å². The molecule has 110 heavy (non-hydrogen) atoms. The molecular formula is C107H69N3. The summed E-state index contributed by atoms with van der Waals surface area (Å²) in [7, 11) is 0. The Bertz CT molecular complexity index is 7370. The van der Waals surface area contributed by atoms with Crippen molar-refractivity contribution >= 4 is 87.0 Å². The summed E-state index contributed by atoms with van der Waals surface area (Å²) in [5, 5.41) is 12.7. The molecule has 0 fully saturated rings. The first-order chi connectivity index (χ1) is 54.5. The lowest BCUT2D eigenvalue weighted by molar-refractivity contribution is 1.02. The van der Waals surface area contributed by atoms with Gasteiger partial charge in [-0.15, -0.1) is 0 Å². The van der Waals surface area contributed by atoms with Crippen molar-refractivity contribution in [2.75, 3.05) is 0 Å². The minimum absolute atomic E-state index is 0.213. The van der Waals surface area contributed by atoms with E-state index in [4.69, 9.17) is 0 Å². The number of aromatic nitrogens is 3. The number of fused-ring (bicyclic) bond motifs is 22. The quantitative estimate of drug-likeness (QED) is 0.144. The van der Waals surface area contributed by atoms with Gasteiger partial charge >= 0.3 is 0 Å². The molecule has 0 saturated heterocycles. The van der Waals surface area contributed by atoms with Crippen molar-refractivity contribution in [2.24, 2.45) is 0 Å². The second-order valence-corrected chi connectivity index (χ2v) is 30.2. The van der Waals surface area contributed by atoms with Gasteiger partial charge in [0.25, 0.3) is 0 Å². The minimum atomic E-state index is 0.213. The second kappa shape index (κ2) is 24.7. The molecule has 0 amide bonds. The van der Waals surface area contributed by atoms with Crippen LogP contribution in [0.4, 0.5) is 0 Å². The van der Waals surface area contributed by atoms with E-state index in [0.29, 0.717) is 0 Å². The van der Waals surface area contributed by atoms with E-state index in [1.165, 1.54) is 221 Å². The second-order valence-electron chi connectivity index (χ2n) is 30.2. The first-order valence-electron chi connectivity index (χ1n) is 38.5. The molecule has 24 rings (SSSR count). The van der Waals surface area contributed by atoms with Gasteiger partial charge in [0.1, 0.15) is 0 Å². The predicted octanol–water partition coefficient (Wildman–Crippen LogP) is 27.9. The van der Waals surface area contributed by atoms with Crippen molar-refractivity contribution in [1.82, 2.24) is 13.7 Å². The van der Waals surface area contributed by atoms with E-state index >= 15 is 0 Å². The van der Waals surface area contributed by atoms with Crippen LogP contribution in [0.25, 0.3) is 182 Å². The highest BCUT2D eigenvalue weighted by atomic mass is 15.0. The molecule has 18 aromatic carbocycles. The molecule has 3 aliphatic rings. The minimum Gasteiger partial charge on any atom is -0.309 e. The summed E-state index contributed by atoms with van der Waals surface area (Å²) >= 11 is 0. The van der Waals surface area contributed by atoms with E-state index in [1.807, 2.05) is 0 Å². The first-order valence-corrected chi connectivity index (χ1v) is 38.5. The fourth-order valence-electron chi connectivity index (χ4n) is 19.1. The van der Waals surface area contributed by atoms with Gasteiger partial charge in [-0.1, -0.05) is 303 Å². The molecule has 1 unspecified atom stereocenters. The summed E-state index contributed by atoms with van der Waals surface area (Å²) in [5.74, 6) is 0.213. The monoisotopic (exact) mass is 1400 g/mol. The number of hydrogen-bond donors (Lipinski definition) is 0. The van der Waals surface area contributed by atoms with Gasteiger partial charge in [-0.25, -0.2) is 0 Å². The lowest BCUT2D eigenvalue weighted by atomic mass is 9.87. The summed E-state index contributed by atoms with van der Waals surface area (Å²) in [5.41, 5.74) is 38.7. The summed E-state index contributed by atoms with van der Waals surface area (Å²) in [4.78, 5) is 0.